The van der Waals surface area contributed by atoms with Gasteiger partial charge in [0, 0.05) is 11.2 Å². The van der Waals surface area contributed by atoms with Crippen LogP contribution in [-0.2, 0) is 9.59 Å². The van der Waals surface area contributed by atoms with Gasteiger partial charge in [0.2, 0.25) is 5.91 Å². The fourth-order valence-electron chi connectivity index (χ4n) is 2.32. The van der Waals surface area contributed by atoms with Gasteiger partial charge in [0.05, 0.1) is 12.1 Å². The summed E-state index contributed by atoms with van der Waals surface area (Å²) in [6, 6.07) is 10.4. The van der Waals surface area contributed by atoms with Gasteiger partial charge in [-0.2, -0.15) is 0 Å². The van der Waals surface area contributed by atoms with Gasteiger partial charge in [0.25, 0.3) is 11.8 Å². The molecular weight excluding hydrogens is 332 g/mol. The number of nitrogens with one attached hydrogen (secondary N) is 2. The average molecular weight is 345 g/mol. The molecule has 1 aliphatic rings. The number of hydrogen-bond donors (Lipinski definition) is 2. The highest BCUT2D eigenvalue weighted by Gasteiger charge is 2.39. The number of carbonyl (C=O) groups excluding carboxylic acids is 3. The highest BCUT2D eigenvalue weighted by Crippen LogP contribution is 2.24. The lowest BCUT2D eigenvalue weighted by Crippen LogP contribution is -2.48. The third-order valence-corrected chi connectivity index (χ3v) is 3.74. The van der Waals surface area contributed by atoms with E-state index in [0.717, 1.165) is 4.90 Å². The molecule has 1 atom stereocenters. The van der Waals surface area contributed by atoms with Crippen LogP contribution in [0.3, 0.4) is 0 Å². The van der Waals surface area contributed by atoms with Crippen molar-refractivity contribution in [3.63, 3.8) is 0 Å². The molecular formula is C16H13ClN4O3. The Morgan fingerprint density at radius 1 is 1.17 bits per heavy atom. The Labute approximate surface area is 142 Å². The van der Waals surface area contributed by atoms with Gasteiger partial charge in [0.1, 0.15) is 11.7 Å². The summed E-state index contributed by atoms with van der Waals surface area (Å²) in [4.78, 5) is 41.4. The van der Waals surface area contributed by atoms with Gasteiger partial charge in [-0.05, 0) is 36.4 Å². The van der Waals surface area contributed by atoms with Crippen molar-refractivity contribution in [2.24, 2.45) is 0 Å². The van der Waals surface area contributed by atoms with Crippen LogP contribution in [0.2, 0.25) is 5.02 Å². The summed E-state index contributed by atoms with van der Waals surface area (Å²) < 4.78 is 0. The highest BCUT2D eigenvalue weighted by molar-refractivity contribution is 6.30. The van der Waals surface area contributed by atoms with Gasteiger partial charge >= 0.3 is 0 Å². The Morgan fingerprint density at radius 2 is 1.92 bits per heavy atom. The molecule has 122 valence electrons. The van der Waals surface area contributed by atoms with Crippen LogP contribution in [0.4, 0.5) is 5.69 Å². The first-order chi connectivity index (χ1) is 11.6. The molecule has 3 rings (SSSR count). The molecule has 2 N–H and O–H groups in total. The summed E-state index contributed by atoms with van der Waals surface area (Å²) in [5, 5.41) is 0.509. The number of anilines is 1. The molecule has 0 spiro atoms. The minimum Gasteiger partial charge on any atom is -0.285 e. The number of carbonyl (C=O) groups is 3. The van der Waals surface area contributed by atoms with E-state index >= 15 is 0 Å². The van der Waals surface area contributed by atoms with E-state index in [1.54, 1.807) is 42.5 Å². The second-order valence-corrected chi connectivity index (χ2v) is 5.55. The molecule has 1 fully saturated rings. The molecule has 7 nitrogen and oxygen atoms in total. The summed E-state index contributed by atoms with van der Waals surface area (Å²) >= 11 is 5.81. The lowest BCUT2D eigenvalue weighted by molar-refractivity contribution is -0.121. The van der Waals surface area contributed by atoms with Crippen LogP contribution >= 0.6 is 11.6 Å². The maximum atomic E-state index is 12.4. The van der Waals surface area contributed by atoms with Gasteiger partial charge in [-0.25, -0.2) is 10.3 Å². The number of hydrazine groups is 1. The maximum Gasteiger partial charge on any atom is 0.283 e. The van der Waals surface area contributed by atoms with Crippen molar-refractivity contribution in [2.45, 2.75) is 12.5 Å². The zero-order chi connectivity index (χ0) is 17.1. The second kappa shape index (κ2) is 6.77. The maximum absolute atomic E-state index is 12.4. The largest absolute Gasteiger partial charge is 0.285 e. The molecule has 1 saturated heterocycles. The summed E-state index contributed by atoms with van der Waals surface area (Å²) in [5.74, 6) is -1.28. The number of benzene rings is 1. The Kier molecular flexibility index (Phi) is 4.54. The van der Waals surface area contributed by atoms with Crippen molar-refractivity contribution in [1.82, 2.24) is 15.8 Å². The first kappa shape index (κ1) is 16.1. The van der Waals surface area contributed by atoms with Crippen LogP contribution in [0.1, 0.15) is 16.9 Å². The first-order valence-electron chi connectivity index (χ1n) is 7.15. The summed E-state index contributed by atoms with van der Waals surface area (Å²) in [7, 11) is 0. The molecule has 2 aromatic rings. The Hall–Kier alpha value is -2.77. The standard InChI is InChI=1S/C16H13ClN4O3/c17-10-4-6-11(7-5-10)21-14(22)9-13(16(21)24)19-20-15(23)12-3-1-2-8-18-12/h1-8,13,19H,9H2,(H,20,23)/t13-/m1/s1. The van der Waals surface area contributed by atoms with Crippen LogP contribution < -0.4 is 15.8 Å². The molecule has 1 aliphatic heterocycles. The predicted molar refractivity (Wildman–Crippen MR) is 87.2 cm³/mol. The third-order valence-electron chi connectivity index (χ3n) is 3.49. The molecule has 1 aromatic heterocycles. The van der Waals surface area contributed by atoms with E-state index in [9.17, 15) is 14.4 Å². The fraction of sp³-hybridized carbons (Fsp3) is 0.125. The zero-order valence-electron chi connectivity index (χ0n) is 12.4. The van der Waals surface area contributed by atoms with Crippen LogP contribution in [0.15, 0.2) is 48.7 Å². The molecule has 0 bridgehead atoms. The fourth-order valence-corrected chi connectivity index (χ4v) is 2.45. The van der Waals surface area contributed by atoms with Gasteiger partial charge < -0.3 is 0 Å². The Balaban J connectivity index is 1.66. The highest BCUT2D eigenvalue weighted by atomic mass is 35.5. The van der Waals surface area contributed by atoms with E-state index in [1.165, 1.54) is 6.20 Å². The van der Waals surface area contributed by atoms with Crippen molar-refractivity contribution in [3.8, 4) is 0 Å². The van der Waals surface area contributed by atoms with Crippen molar-refractivity contribution in [2.75, 3.05) is 4.90 Å². The van der Waals surface area contributed by atoms with E-state index in [4.69, 9.17) is 11.6 Å². The van der Waals surface area contributed by atoms with Crippen LogP contribution in [0.5, 0.6) is 0 Å². The lowest BCUT2D eigenvalue weighted by Gasteiger charge is -2.15. The quantitative estimate of drug-likeness (QED) is 0.644. The monoisotopic (exact) mass is 344 g/mol. The Morgan fingerprint density at radius 3 is 2.58 bits per heavy atom. The topological polar surface area (TPSA) is 91.4 Å². The molecule has 8 heteroatoms. The predicted octanol–water partition coefficient (Wildman–Crippen LogP) is 1.30. The zero-order valence-corrected chi connectivity index (χ0v) is 13.2. The van der Waals surface area contributed by atoms with E-state index < -0.39 is 17.9 Å². The lowest BCUT2D eigenvalue weighted by atomic mass is 10.2. The van der Waals surface area contributed by atoms with Crippen molar-refractivity contribution in [1.29, 1.82) is 0 Å². The van der Waals surface area contributed by atoms with E-state index in [-0.39, 0.29) is 18.0 Å². The van der Waals surface area contributed by atoms with Gasteiger partial charge in [0.15, 0.2) is 0 Å². The van der Waals surface area contributed by atoms with Gasteiger partial charge in [-0.3, -0.25) is 24.8 Å². The van der Waals surface area contributed by atoms with Gasteiger partial charge in [-0.15, -0.1) is 0 Å². The minimum absolute atomic E-state index is 0.0516. The molecule has 0 radical (unpaired) electrons. The third kappa shape index (κ3) is 3.27. The number of aromatic nitrogens is 1. The second-order valence-electron chi connectivity index (χ2n) is 5.11. The number of pyridine rings is 1. The molecule has 0 aliphatic carbocycles. The first-order valence-corrected chi connectivity index (χ1v) is 7.53. The average Bonchev–Trinajstić information content (AvgIpc) is 2.88. The SMILES string of the molecule is O=C(NN[C@@H]1CC(=O)N(c2ccc(Cl)cc2)C1=O)c1ccccn1. The van der Waals surface area contributed by atoms with E-state index in [0.29, 0.717) is 10.7 Å². The Bertz CT molecular complexity index is 780. The van der Waals surface area contributed by atoms with Crippen LogP contribution in [0, 0.1) is 0 Å². The normalized spacial score (nSPS) is 17.2. The molecule has 0 unspecified atom stereocenters. The van der Waals surface area contributed by atoms with Crippen LogP contribution in [0.25, 0.3) is 0 Å². The number of rotatable bonds is 4. The molecule has 3 amide bonds. The summed E-state index contributed by atoms with van der Waals surface area (Å²) in [6.07, 6.45) is 1.44. The number of halogens is 1. The number of hydrogen-bond acceptors (Lipinski definition) is 5. The smallest absolute Gasteiger partial charge is 0.283 e. The summed E-state index contributed by atoms with van der Waals surface area (Å²) in [6.45, 7) is 0. The molecule has 0 saturated carbocycles. The molecule has 2 heterocycles. The number of imide groups is 1. The van der Waals surface area contributed by atoms with Crippen molar-refractivity contribution < 1.29 is 14.4 Å². The number of nitrogens with zero attached hydrogens (tertiary/aromatic N) is 2. The van der Waals surface area contributed by atoms with E-state index in [2.05, 4.69) is 15.8 Å². The minimum atomic E-state index is -0.833. The van der Waals surface area contributed by atoms with Gasteiger partial charge in [-0.1, -0.05) is 17.7 Å². The summed E-state index contributed by atoms with van der Waals surface area (Å²) in [5.41, 5.74) is 5.64. The molecule has 24 heavy (non-hydrogen) atoms. The van der Waals surface area contributed by atoms with Crippen molar-refractivity contribution >= 4 is 35.0 Å². The van der Waals surface area contributed by atoms with Crippen molar-refractivity contribution in [3.05, 3.63) is 59.4 Å². The number of amides is 3. The molecule has 1 aromatic carbocycles. The van der Waals surface area contributed by atoms with E-state index in [1.807, 2.05) is 0 Å². The van der Waals surface area contributed by atoms with Crippen LogP contribution in [-0.4, -0.2) is 28.7 Å².